The summed E-state index contributed by atoms with van der Waals surface area (Å²) in [5, 5.41) is 14.3. The molecule has 1 aliphatic carbocycles. The van der Waals surface area contributed by atoms with Gasteiger partial charge in [0.15, 0.2) is 9.84 Å². The predicted molar refractivity (Wildman–Crippen MR) is 160 cm³/mol. The maximum absolute atomic E-state index is 13.3. The van der Waals surface area contributed by atoms with Crippen molar-refractivity contribution in [2.75, 3.05) is 23.5 Å². The SMILES string of the molecule is CCS(=O)(=O)C[C@H](CC1CCCCC1)OCc1ccc(C(=O)N[C@@H](CCSC)C(=O)[O-])c(-c2ccccc2C)c1.[Li+]. The summed E-state index contributed by atoms with van der Waals surface area (Å²) < 4.78 is 31.2. The van der Waals surface area contributed by atoms with Crippen LogP contribution >= 0.6 is 11.8 Å². The number of hydrogen-bond acceptors (Lipinski definition) is 7. The van der Waals surface area contributed by atoms with Gasteiger partial charge in [-0.05, 0) is 72.1 Å². The van der Waals surface area contributed by atoms with Gasteiger partial charge in [-0.25, -0.2) is 8.42 Å². The first kappa shape index (κ1) is 35.4. The van der Waals surface area contributed by atoms with Crippen LogP contribution in [-0.4, -0.2) is 56.0 Å². The molecule has 220 valence electrons. The van der Waals surface area contributed by atoms with Gasteiger partial charge in [-0.15, -0.1) is 0 Å². The second kappa shape index (κ2) is 17.4. The monoisotopic (exact) mass is 595 g/mol. The van der Waals surface area contributed by atoms with Crippen LogP contribution in [0, 0.1) is 12.8 Å². The molecule has 2 aromatic rings. The van der Waals surface area contributed by atoms with Crippen LogP contribution in [0.3, 0.4) is 0 Å². The number of benzene rings is 2. The number of sulfone groups is 1. The summed E-state index contributed by atoms with van der Waals surface area (Å²) in [7, 11) is -3.21. The second-order valence-corrected chi connectivity index (χ2v) is 14.1. The fraction of sp³-hybridized carbons (Fsp3) is 0.548. The van der Waals surface area contributed by atoms with E-state index in [0.717, 1.165) is 36.0 Å². The van der Waals surface area contributed by atoms with Crippen molar-refractivity contribution in [1.82, 2.24) is 5.32 Å². The largest absolute Gasteiger partial charge is 1.00 e. The van der Waals surface area contributed by atoms with E-state index in [2.05, 4.69) is 5.32 Å². The topological polar surface area (TPSA) is 113 Å². The van der Waals surface area contributed by atoms with Crippen molar-refractivity contribution >= 4 is 33.5 Å². The first-order valence-electron chi connectivity index (χ1n) is 14.1. The molecule has 0 radical (unpaired) electrons. The van der Waals surface area contributed by atoms with E-state index in [0.29, 0.717) is 22.8 Å². The number of amides is 1. The first-order valence-corrected chi connectivity index (χ1v) is 17.4. The molecule has 2 aromatic carbocycles. The van der Waals surface area contributed by atoms with Crippen LogP contribution in [0.5, 0.6) is 0 Å². The van der Waals surface area contributed by atoms with Gasteiger partial charge in [0.1, 0.15) is 0 Å². The Bertz CT molecular complexity index is 1250. The Balaban J connectivity index is 0.00000588. The number of carboxylic acid groups (broad SMARTS) is 1. The molecule has 0 aromatic heterocycles. The van der Waals surface area contributed by atoms with Gasteiger partial charge in [0.2, 0.25) is 0 Å². The maximum atomic E-state index is 13.3. The van der Waals surface area contributed by atoms with Crippen LogP contribution in [0.2, 0.25) is 0 Å². The molecule has 2 atom stereocenters. The second-order valence-electron chi connectivity index (χ2n) is 10.7. The molecule has 10 heteroatoms. The number of carboxylic acids is 1. The van der Waals surface area contributed by atoms with E-state index in [1.807, 2.05) is 43.5 Å². The normalized spacial score (nSPS) is 15.5. The molecule has 41 heavy (non-hydrogen) atoms. The van der Waals surface area contributed by atoms with Gasteiger partial charge in [0.05, 0.1) is 30.5 Å². The third-order valence-electron chi connectivity index (χ3n) is 7.65. The fourth-order valence-electron chi connectivity index (χ4n) is 5.29. The van der Waals surface area contributed by atoms with Crippen LogP contribution in [0.15, 0.2) is 42.5 Å². The molecular formula is C31H42LiNO6S2. The Labute approximate surface area is 261 Å². The first-order chi connectivity index (χ1) is 19.1. The molecule has 1 aliphatic rings. The van der Waals surface area contributed by atoms with Crippen LogP contribution in [0.4, 0.5) is 0 Å². The van der Waals surface area contributed by atoms with E-state index in [9.17, 15) is 23.1 Å². The minimum atomic E-state index is -3.21. The molecule has 3 rings (SSSR count). The number of hydrogen-bond donors (Lipinski definition) is 1. The number of rotatable bonds is 15. The van der Waals surface area contributed by atoms with E-state index in [4.69, 9.17) is 4.74 Å². The number of nitrogens with one attached hydrogen (secondary N) is 1. The molecule has 0 aliphatic heterocycles. The average Bonchev–Trinajstić information content (AvgIpc) is 2.94. The van der Waals surface area contributed by atoms with Gasteiger partial charge in [0.25, 0.3) is 5.91 Å². The molecule has 1 N–H and O–H groups in total. The van der Waals surface area contributed by atoms with E-state index in [1.165, 1.54) is 31.0 Å². The minimum Gasteiger partial charge on any atom is -0.548 e. The van der Waals surface area contributed by atoms with E-state index in [1.54, 1.807) is 19.1 Å². The van der Waals surface area contributed by atoms with E-state index in [-0.39, 0.29) is 43.4 Å². The van der Waals surface area contributed by atoms with Gasteiger partial charge in [-0.1, -0.05) is 69.4 Å². The number of ether oxygens (including phenoxy) is 1. The van der Waals surface area contributed by atoms with Crippen LogP contribution in [-0.2, 0) is 26.0 Å². The standard InChI is InChI=1S/C31H43NO6S2.Li/c1-4-40(36,37)21-25(18-23-11-6-5-7-12-23)38-20-24-14-15-27(28(19-24)26-13-9-8-10-22(26)2)30(33)32-29(31(34)35)16-17-39-3;/h8-10,13-15,19,23,25,29H,4-7,11-12,16-18,20-21H2,1-3H3,(H,32,33)(H,34,35);/q;+1/p-1/t25-,29-;/m0./s1. The smallest absolute Gasteiger partial charge is 0.548 e. The summed E-state index contributed by atoms with van der Waals surface area (Å²) in [6.45, 7) is 3.84. The number of carbonyl (C=O) groups excluding carboxylic acids is 2. The van der Waals surface area contributed by atoms with Gasteiger partial charge >= 0.3 is 18.9 Å². The summed E-state index contributed by atoms with van der Waals surface area (Å²) >= 11 is 1.50. The zero-order valence-electron chi connectivity index (χ0n) is 24.8. The Morgan fingerprint density at radius 3 is 2.44 bits per heavy atom. The quantitative estimate of drug-likeness (QED) is 0.311. The molecule has 7 nitrogen and oxygen atoms in total. The summed E-state index contributed by atoms with van der Waals surface area (Å²) in [6.07, 6.45) is 8.29. The maximum Gasteiger partial charge on any atom is 1.00 e. The van der Waals surface area contributed by atoms with Gasteiger partial charge in [-0.2, -0.15) is 11.8 Å². The number of aryl methyl sites for hydroxylation is 1. The summed E-state index contributed by atoms with van der Waals surface area (Å²) in [5.41, 5.74) is 3.68. The van der Waals surface area contributed by atoms with Gasteiger partial charge < -0.3 is 20.0 Å². The minimum absolute atomic E-state index is 0. The van der Waals surface area contributed by atoms with Crippen molar-refractivity contribution < 1.29 is 46.7 Å². The van der Waals surface area contributed by atoms with E-state index < -0.39 is 33.9 Å². The summed E-state index contributed by atoms with van der Waals surface area (Å²) in [6, 6.07) is 12.0. The van der Waals surface area contributed by atoms with Crippen LogP contribution < -0.4 is 29.3 Å². The van der Waals surface area contributed by atoms with E-state index >= 15 is 0 Å². The van der Waals surface area contributed by atoms with Crippen molar-refractivity contribution in [2.45, 2.75) is 77.5 Å². The Morgan fingerprint density at radius 1 is 1.10 bits per heavy atom. The molecule has 0 spiro atoms. The van der Waals surface area contributed by atoms with Crippen LogP contribution in [0.25, 0.3) is 11.1 Å². The number of aliphatic carboxylic acids is 1. The van der Waals surface area contributed by atoms with Crippen LogP contribution in [0.1, 0.15) is 73.4 Å². The third-order valence-corrected chi connectivity index (χ3v) is 10.1. The van der Waals surface area contributed by atoms with Crippen molar-refractivity contribution in [3.05, 3.63) is 59.2 Å². The molecule has 1 fully saturated rings. The number of thioether (sulfide) groups is 1. The molecule has 0 saturated heterocycles. The molecule has 1 saturated carbocycles. The zero-order chi connectivity index (χ0) is 29.1. The van der Waals surface area contributed by atoms with Crippen molar-refractivity contribution in [3.63, 3.8) is 0 Å². The summed E-state index contributed by atoms with van der Waals surface area (Å²) in [4.78, 5) is 25.0. The molecule has 0 unspecified atom stereocenters. The third kappa shape index (κ3) is 11.1. The summed E-state index contributed by atoms with van der Waals surface area (Å²) in [5.74, 6) is -0.646. The Kier molecular flexibility index (Phi) is 15.0. The fourth-order valence-corrected chi connectivity index (χ4v) is 6.80. The number of carbonyl (C=O) groups is 2. The zero-order valence-corrected chi connectivity index (χ0v) is 26.5. The Morgan fingerprint density at radius 2 is 1.80 bits per heavy atom. The molecule has 1 amide bonds. The molecule has 0 bridgehead atoms. The van der Waals surface area contributed by atoms with Gasteiger partial charge in [0, 0.05) is 11.3 Å². The average molecular weight is 596 g/mol. The van der Waals surface area contributed by atoms with Crippen molar-refractivity contribution in [2.24, 2.45) is 5.92 Å². The van der Waals surface area contributed by atoms with Crippen molar-refractivity contribution in [1.29, 1.82) is 0 Å². The predicted octanol–water partition coefficient (Wildman–Crippen LogP) is 1.56. The van der Waals surface area contributed by atoms with Crippen molar-refractivity contribution in [3.8, 4) is 11.1 Å². The molecular weight excluding hydrogens is 553 g/mol. The Hall–Kier alpha value is -1.76. The van der Waals surface area contributed by atoms with Gasteiger partial charge in [-0.3, -0.25) is 4.79 Å². The molecule has 0 heterocycles.